The summed E-state index contributed by atoms with van der Waals surface area (Å²) >= 11 is 0. The van der Waals surface area contributed by atoms with Crippen LogP contribution in [0.4, 0.5) is 0 Å². The molecule has 0 fully saturated rings. The van der Waals surface area contributed by atoms with Gasteiger partial charge in [0.15, 0.2) is 0 Å². The van der Waals surface area contributed by atoms with Crippen molar-refractivity contribution in [3.05, 3.63) is 130 Å². The van der Waals surface area contributed by atoms with E-state index < -0.39 is 11.9 Å². The van der Waals surface area contributed by atoms with Crippen LogP contribution in [0.3, 0.4) is 0 Å². The number of ether oxygens (including phenoxy) is 1. The molecule has 39 heavy (non-hydrogen) atoms. The molecular formula is C34H34O5. The second-order valence-electron chi connectivity index (χ2n) is 10.9. The molecule has 0 aliphatic rings. The van der Waals surface area contributed by atoms with Crippen LogP contribution in [0.15, 0.2) is 91.0 Å². The highest BCUT2D eigenvalue weighted by molar-refractivity contribution is 5.97. The summed E-state index contributed by atoms with van der Waals surface area (Å²) in [6.45, 7) is 10.00. The van der Waals surface area contributed by atoms with E-state index in [1.54, 1.807) is 18.2 Å². The Hall–Kier alpha value is -4.38. The van der Waals surface area contributed by atoms with Crippen molar-refractivity contribution in [1.29, 1.82) is 0 Å². The fraction of sp³-hybridized carbons (Fsp3) is 0.235. The first-order chi connectivity index (χ1) is 18.5. The van der Waals surface area contributed by atoms with Crippen molar-refractivity contribution in [3.8, 4) is 11.5 Å². The molecule has 5 nitrogen and oxygen atoms in total. The van der Waals surface area contributed by atoms with Crippen molar-refractivity contribution in [3.63, 3.8) is 0 Å². The maximum Gasteiger partial charge on any atom is 0.347 e. The molecule has 200 valence electrons. The van der Waals surface area contributed by atoms with E-state index in [2.05, 4.69) is 0 Å². The Morgan fingerprint density at radius 2 is 1.28 bits per heavy atom. The Morgan fingerprint density at radius 3 is 1.82 bits per heavy atom. The molecule has 0 radical (unpaired) electrons. The number of carbonyl (C=O) groups is 2. The molecule has 0 aliphatic heterocycles. The van der Waals surface area contributed by atoms with E-state index in [1.165, 1.54) is 6.07 Å². The molecule has 2 unspecified atom stereocenters. The molecule has 5 heteroatoms. The monoisotopic (exact) mass is 522 g/mol. The Kier molecular flexibility index (Phi) is 7.91. The number of carboxylic acid groups (broad SMARTS) is 1. The normalized spacial score (nSPS) is 12.9. The Balaban J connectivity index is 1.83. The van der Waals surface area contributed by atoms with E-state index >= 15 is 0 Å². The third-order valence-electron chi connectivity index (χ3n) is 7.23. The zero-order valence-corrected chi connectivity index (χ0v) is 22.9. The van der Waals surface area contributed by atoms with Gasteiger partial charge in [-0.05, 0) is 45.9 Å². The van der Waals surface area contributed by atoms with Crippen LogP contribution in [0, 0.1) is 0 Å². The van der Waals surface area contributed by atoms with Gasteiger partial charge in [0, 0.05) is 17.4 Å². The third-order valence-corrected chi connectivity index (χ3v) is 7.23. The standard InChI is InChI=1S/C34H34O5/c1-21(23-12-8-6-9-13-23)25-18-28(22(2)24-14-10-7-11-15-24)31(35)29(19-25)33(38)39-30-20-26(34(3,4)5)16-17-27(30)32(36)37/h6-22,35H,1-5H3,(H,36,37). The third kappa shape index (κ3) is 6.04. The molecule has 2 atom stereocenters. The van der Waals surface area contributed by atoms with Crippen LogP contribution in [0.1, 0.15) is 95.0 Å². The fourth-order valence-corrected chi connectivity index (χ4v) is 4.68. The topological polar surface area (TPSA) is 83.8 Å². The van der Waals surface area contributed by atoms with Gasteiger partial charge in [0.05, 0.1) is 0 Å². The molecule has 0 bridgehead atoms. The lowest BCUT2D eigenvalue weighted by molar-refractivity contribution is 0.0680. The number of rotatable bonds is 7. The van der Waals surface area contributed by atoms with E-state index in [1.807, 2.05) is 101 Å². The van der Waals surface area contributed by atoms with Gasteiger partial charge in [-0.25, -0.2) is 9.59 Å². The average molecular weight is 523 g/mol. The largest absolute Gasteiger partial charge is 0.507 e. The molecular weight excluding hydrogens is 488 g/mol. The summed E-state index contributed by atoms with van der Waals surface area (Å²) in [4.78, 5) is 25.5. The Labute approximate surface area is 229 Å². The van der Waals surface area contributed by atoms with Crippen LogP contribution in [0.5, 0.6) is 11.5 Å². The number of esters is 1. The summed E-state index contributed by atoms with van der Waals surface area (Å²) in [5, 5.41) is 21.1. The summed E-state index contributed by atoms with van der Waals surface area (Å²) in [6.07, 6.45) is 0. The molecule has 4 aromatic carbocycles. The summed E-state index contributed by atoms with van der Waals surface area (Å²) in [5.41, 5.74) is 3.89. The van der Waals surface area contributed by atoms with Crippen molar-refractivity contribution in [1.82, 2.24) is 0 Å². The van der Waals surface area contributed by atoms with Crippen molar-refractivity contribution in [2.24, 2.45) is 0 Å². The van der Waals surface area contributed by atoms with Crippen LogP contribution < -0.4 is 4.74 Å². The average Bonchev–Trinajstić information content (AvgIpc) is 2.92. The van der Waals surface area contributed by atoms with Crippen LogP contribution in [0.25, 0.3) is 0 Å². The van der Waals surface area contributed by atoms with Crippen molar-refractivity contribution in [2.45, 2.75) is 51.9 Å². The van der Waals surface area contributed by atoms with Crippen molar-refractivity contribution >= 4 is 11.9 Å². The van der Waals surface area contributed by atoms with Gasteiger partial charge < -0.3 is 14.9 Å². The Morgan fingerprint density at radius 1 is 0.718 bits per heavy atom. The van der Waals surface area contributed by atoms with Crippen molar-refractivity contribution < 1.29 is 24.5 Å². The lowest BCUT2D eigenvalue weighted by atomic mass is 9.85. The highest BCUT2D eigenvalue weighted by Crippen LogP contribution is 2.38. The maximum atomic E-state index is 13.6. The molecule has 0 spiro atoms. The number of aromatic hydroxyl groups is 1. The molecule has 0 aromatic heterocycles. The number of carboxylic acids is 1. The minimum absolute atomic E-state index is 0.00874. The SMILES string of the molecule is CC(c1ccccc1)c1cc(C(=O)Oc2cc(C(C)(C)C)ccc2C(=O)O)c(O)c(C(C)c2ccccc2)c1. The lowest BCUT2D eigenvalue weighted by Gasteiger charge is -2.22. The molecule has 0 aliphatic carbocycles. The summed E-state index contributed by atoms with van der Waals surface area (Å²) in [6, 6.07) is 28.0. The van der Waals surface area contributed by atoms with Crippen LogP contribution in [-0.2, 0) is 5.41 Å². The van der Waals surface area contributed by atoms with E-state index in [9.17, 15) is 19.8 Å². The van der Waals surface area contributed by atoms with Crippen molar-refractivity contribution in [2.75, 3.05) is 0 Å². The lowest BCUT2D eigenvalue weighted by Crippen LogP contribution is -2.16. The van der Waals surface area contributed by atoms with E-state index in [-0.39, 0.29) is 39.9 Å². The zero-order chi connectivity index (χ0) is 28.3. The molecule has 0 saturated carbocycles. The highest BCUT2D eigenvalue weighted by Gasteiger charge is 2.26. The summed E-state index contributed by atoms with van der Waals surface area (Å²) < 4.78 is 5.71. The number of phenolic OH excluding ortho intramolecular Hbond substituents is 1. The van der Waals surface area contributed by atoms with Gasteiger partial charge in [0.25, 0.3) is 0 Å². The van der Waals surface area contributed by atoms with Crippen LogP contribution >= 0.6 is 0 Å². The number of phenols is 1. The van der Waals surface area contributed by atoms with Gasteiger partial charge in [-0.3, -0.25) is 0 Å². The first-order valence-corrected chi connectivity index (χ1v) is 13.0. The smallest absolute Gasteiger partial charge is 0.347 e. The zero-order valence-electron chi connectivity index (χ0n) is 22.9. The van der Waals surface area contributed by atoms with E-state index in [0.29, 0.717) is 5.56 Å². The second-order valence-corrected chi connectivity index (χ2v) is 10.9. The minimum Gasteiger partial charge on any atom is -0.507 e. The first-order valence-electron chi connectivity index (χ1n) is 13.0. The predicted octanol–water partition coefficient (Wildman–Crippen LogP) is 7.91. The maximum absolute atomic E-state index is 13.6. The van der Waals surface area contributed by atoms with Gasteiger partial charge in [-0.1, -0.05) is 107 Å². The highest BCUT2D eigenvalue weighted by atomic mass is 16.5. The van der Waals surface area contributed by atoms with Gasteiger partial charge in [-0.2, -0.15) is 0 Å². The molecule has 2 N–H and O–H groups in total. The molecule has 0 amide bonds. The van der Waals surface area contributed by atoms with E-state index in [4.69, 9.17) is 4.74 Å². The second kappa shape index (κ2) is 11.2. The summed E-state index contributed by atoms with van der Waals surface area (Å²) in [7, 11) is 0. The molecule has 4 aromatic rings. The van der Waals surface area contributed by atoms with Gasteiger partial charge in [-0.15, -0.1) is 0 Å². The van der Waals surface area contributed by atoms with Crippen LogP contribution in [-0.4, -0.2) is 22.2 Å². The number of benzene rings is 4. The fourth-order valence-electron chi connectivity index (χ4n) is 4.68. The number of hydrogen-bond acceptors (Lipinski definition) is 4. The van der Waals surface area contributed by atoms with Crippen LogP contribution in [0.2, 0.25) is 0 Å². The van der Waals surface area contributed by atoms with Gasteiger partial charge in [0.1, 0.15) is 22.6 Å². The molecule has 4 rings (SSSR count). The number of aromatic carboxylic acids is 1. The number of hydrogen-bond donors (Lipinski definition) is 2. The summed E-state index contributed by atoms with van der Waals surface area (Å²) in [5.74, 6) is -2.53. The minimum atomic E-state index is -1.20. The van der Waals surface area contributed by atoms with Gasteiger partial charge in [0.2, 0.25) is 0 Å². The predicted molar refractivity (Wildman–Crippen MR) is 153 cm³/mol. The molecule has 0 saturated heterocycles. The number of carbonyl (C=O) groups excluding carboxylic acids is 1. The molecule has 0 heterocycles. The Bertz CT molecular complexity index is 1480. The first kappa shape index (κ1) is 27.6. The quantitative estimate of drug-likeness (QED) is 0.190. The van der Waals surface area contributed by atoms with E-state index in [0.717, 1.165) is 22.3 Å². The van der Waals surface area contributed by atoms with Gasteiger partial charge >= 0.3 is 11.9 Å².